The molecule has 4 aromatic rings. The first-order valence-corrected chi connectivity index (χ1v) is 11.1. The third kappa shape index (κ3) is 5.16. The van der Waals surface area contributed by atoms with E-state index in [0.717, 1.165) is 28.8 Å². The summed E-state index contributed by atoms with van der Waals surface area (Å²) in [6.45, 7) is 1.69. The van der Waals surface area contributed by atoms with Crippen LogP contribution in [-0.2, 0) is 10.3 Å². The van der Waals surface area contributed by atoms with E-state index in [-0.39, 0.29) is 13.2 Å². The third-order valence-corrected chi connectivity index (χ3v) is 5.73. The SMILES string of the molecule is CC(O)(CNc1ccc(F)c(F)c1)COC(c1ccccc1)(c1ccccc1)c1ccccc1. The van der Waals surface area contributed by atoms with E-state index in [2.05, 4.69) is 5.32 Å². The van der Waals surface area contributed by atoms with E-state index in [0.29, 0.717) is 5.69 Å². The lowest BCUT2D eigenvalue weighted by Gasteiger charge is -2.38. The van der Waals surface area contributed by atoms with Crippen LogP contribution in [0.1, 0.15) is 23.6 Å². The Hall–Kier alpha value is -3.54. The molecule has 0 radical (unpaired) electrons. The maximum atomic E-state index is 13.6. The number of hydrogen-bond donors (Lipinski definition) is 2. The Morgan fingerprint density at radius 3 is 1.62 bits per heavy atom. The summed E-state index contributed by atoms with van der Waals surface area (Å²) < 4.78 is 33.5. The molecule has 1 atom stereocenters. The minimum atomic E-state index is -1.31. The molecule has 0 aromatic heterocycles. The molecule has 0 aliphatic carbocycles. The van der Waals surface area contributed by atoms with E-state index in [9.17, 15) is 13.9 Å². The average Bonchev–Trinajstić information content (AvgIpc) is 2.87. The van der Waals surface area contributed by atoms with Gasteiger partial charge in [0, 0.05) is 18.3 Å². The van der Waals surface area contributed by atoms with Crippen LogP contribution in [-0.4, -0.2) is 23.9 Å². The Labute approximate surface area is 198 Å². The summed E-state index contributed by atoms with van der Waals surface area (Å²) in [6.07, 6.45) is 0. The van der Waals surface area contributed by atoms with Gasteiger partial charge in [-0.3, -0.25) is 0 Å². The zero-order valence-corrected chi connectivity index (χ0v) is 18.9. The predicted octanol–water partition coefficient (Wildman–Crippen LogP) is 6.14. The Kier molecular flexibility index (Phi) is 7.06. The van der Waals surface area contributed by atoms with E-state index >= 15 is 0 Å². The van der Waals surface area contributed by atoms with Crippen LogP contribution in [0.4, 0.5) is 14.5 Å². The van der Waals surface area contributed by atoms with Gasteiger partial charge in [-0.15, -0.1) is 0 Å². The van der Waals surface area contributed by atoms with E-state index in [4.69, 9.17) is 4.74 Å². The molecule has 5 heteroatoms. The van der Waals surface area contributed by atoms with Crippen LogP contribution in [0.25, 0.3) is 0 Å². The number of hydrogen-bond acceptors (Lipinski definition) is 3. The van der Waals surface area contributed by atoms with Crippen molar-refractivity contribution in [1.29, 1.82) is 0 Å². The van der Waals surface area contributed by atoms with Gasteiger partial charge in [0.1, 0.15) is 11.2 Å². The fourth-order valence-corrected chi connectivity index (χ4v) is 3.98. The first kappa shape index (κ1) is 23.6. The summed E-state index contributed by atoms with van der Waals surface area (Å²) >= 11 is 0. The van der Waals surface area contributed by atoms with E-state index in [1.54, 1.807) is 6.92 Å². The van der Waals surface area contributed by atoms with Crippen LogP contribution < -0.4 is 5.32 Å². The normalized spacial score (nSPS) is 13.3. The van der Waals surface area contributed by atoms with Crippen molar-refractivity contribution in [2.24, 2.45) is 0 Å². The number of anilines is 1. The summed E-state index contributed by atoms with van der Waals surface area (Å²) in [5.41, 5.74) is 0.884. The molecular weight excluding hydrogens is 432 g/mol. The molecule has 0 saturated carbocycles. The monoisotopic (exact) mass is 459 g/mol. The second-order valence-corrected chi connectivity index (χ2v) is 8.55. The Bertz CT molecular complexity index is 1100. The van der Waals surface area contributed by atoms with Crippen molar-refractivity contribution in [3.8, 4) is 0 Å². The zero-order valence-electron chi connectivity index (χ0n) is 18.9. The van der Waals surface area contributed by atoms with Gasteiger partial charge in [-0.2, -0.15) is 0 Å². The summed E-state index contributed by atoms with van der Waals surface area (Å²) in [6, 6.07) is 33.2. The maximum absolute atomic E-state index is 13.6. The van der Waals surface area contributed by atoms with Crippen LogP contribution in [0.15, 0.2) is 109 Å². The molecule has 1 unspecified atom stereocenters. The van der Waals surface area contributed by atoms with Gasteiger partial charge in [-0.05, 0) is 35.7 Å². The number of rotatable bonds is 9. The molecule has 0 aliphatic rings. The lowest BCUT2D eigenvalue weighted by Crippen LogP contribution is -2.43. The van der Waals surface area contributed by atoms with Gasteiger partial charge in [0.25, 0.3) is 0 Å². The highest BCUT2D eigenvalue weighted by Crippen LogP contribution is 2.41. The second kappa shape index (κ2) is 10.2. The third-order valence-electron chi connectivity index (χ3n) is 5.73. The van der Waals surface area contributed by atoms with Crippen LogP contribution in [0, 0.1) is 11.6 Å². The second-order valence-electron chi connectivity index (χ2n) is 8.55. The molecule has 0 heterocycles. The fourth-order valence-electron chi connectivity index (χ4n) is 3.98. The van der Waals surface area contributed by atoms with Gasteiger partial charge in [-0.1, -0.05) is 91.0 Å². The van der Waals surface area contributed by atoms with E-state index < -0.39 is 22.8 Å². The van der Waals surface area contributed by atoms with Crippen molar-refractivity contribution in [3.63, 3.8) is 0 Å². The van der Waals surface area contributed by atoms with Gasteiger partial charge in [0.15, 0.2) is 11.6 Å². The minimum absolute atomic E-state index is 0.0254. The van der Waals surface area contributed by atoms with Gasteiger partial charge in [0.2, 0.25) is 0 Å². The van der Waals surface area contributed by atoms with Crippen molar-refractivity contribution in [2.45, 2.75) is 18.1 Å². The summed E-state index contributed by atoms with van der Waals surface area (Å²) in [7, 11) is 0. The lowest BCUT2D eigenvalue weighted by molar-refractivity contribution is -0.0772. The van der Waals surface area contributed by atoms with Crippen LogP contribution in [0.3, 0.4) is 0 Å². The standard InChI is InChI=1S/C29H27F2NO2/c1-28(33,20-32-25-17-18-26(30)27(31)19-25)21-34-29(22-11-5-2-6-12-22,23-13-7-3-8-14-23)24-15-9-4-10-16-24/h2-19,32-33H,20-21H2,1H3. The molecule has 3 nitrogen and oxygen atoms in total. The van der Waals surface area contributed by atoms with Crippen molar-refractivity contribution >= 4 is 5.69 Å². The number of benzene rings is 4. The number of ether oxygens (including phenoxy) is 1. The van der Waals surface area contributed by atoms with E-state index in [1.807, 2.05) is 91.0 Å². The largest absolute Gasteiger partial charge is 0.386 e. The highest BCUT2D eigenvalue weighted by molar-refractivity contribution is 5.47. The Morgan fingerprint density at radius 2 is 1.18 bits per heavy atom. The molecule has 0 aliphatic heterocycles. The average molecular weight is 460 g/mol. The van der Waals surface area contributed by atoms with Gasteiger partial charge >= 0.3 is 0 Å². The molecule has 174 valence electrons. The highest BCUT2D eigenvalue weighted by Gasteiger charge is 2.39. The van der Waals surface area contributed by atoms with Gasteiger partial charge in [0.05, 0.1) is 6.61 Å². The topological polar surface area (TPSA) is 41.5 Å². The number of nitrogens with one attached hydrogen (secondary N) is 1. The quantitative estimate of drug-likeness (QED) is 0.296. The van der Waals surface area contributed by atoms with Gasteiger partial charge in [-0.25, -0.2) is 8.78 Å². The predicted molar refractivity (Wildman–Crippen MR) is 131 cm³/mol. The van der Waals surface area contributed by atoms with Crippen LogP contribution in [0.5, 0.6) is 0 Å². The molecule has 0 spiro atoms. The summed E-state index contributed by atoms with van der Waals surface area (Å²) in [4.78, 5) is 0. The molecule has 2 N–H and O–H groups in total. The van der Waals surface area contributed by atoms with Gasteiger partial charge < -0.3 is 15.2 Å². The zero-order chi connectivity index (χ0) is 24.0. The molecule has 34 heavy (non-hydrogen) atoms. The fraction of sp³-hybridized carbons (Fsp3) is 0.172. The smallest absolute Gasteiger partial charge is 0.160 e. The number of halogens is 2. The first-order valence-electron chi connectivity index (χ1n) is 11.1. The molecule has 0 amide bonds. The Morgan fingerprint density at radius 1 is 0.706 bits per heavy atom. The summed E-state index contributed by atoms with van der Waals surface area (Å²) in [5, 5.41) is 14.1. The molecule has 0 saturated heterocycles. The van der Waals surface area contributed by atoms with Crippen molar-refractivity contribution in [2.75, 3.05) is 18.5 Å². The number of aliphatic hydroxyl groups is 1. The molecule has 4 aromatic carbocycles. The Balaban J connectivity index is 1.66. The maximum Gasteiger partial charge on any atom is 0.160 e. The minimum Gasteiger partial charge on any atom is -0.386 e. The van der Waals surface area contributed by atoms with Crippen molar-refractivity contribution < 1.29 is 18.6 Å². The molecule has 4 rings (SSSR count). The van der Waals surface area contributed by atoms with Crippen LogP contribution >= 0.6 is 0 Å². The van der Waals surface area contributed by atoms with E-state index in [1.165, 1.54) is 6.07 Å². The van der Waals surface area contributed by atoms with Crippen molar-refractivity contribution in [3.05, 3.63) is 138 Å². The lowest BCUT2D eigenvalue weighted by atomic mass is 9.80. The molecule has 0 bridgehead atoms. The summed E-state index contributed by atoms with van der Waals surface area (Å²) in [5.74, 6) is -1.86. The van der Waals surface area contributed by atoms with Crippen molar-refractivity contribution in [1.82, 2.24) is 0 Å². The first-order chi connectivity index (χ1) is 16.4. The van der Waals surface area contributed by atoms with Crippen LogP contribution in [0.2, 0.25) is 0 Å². The molecule has 0 fully saturated rings. The highest BCUT2D eigenvalue weighted by atomic mass is 19.2. The molecular formula is C29H27F2NO2.